The second-order valence-electron chi connectivity index (χ2n) is 16.1. The third-order valence-electron chi connectivity index (χ3n) is 10.5. The lowest BCUT2D eigenvalue weighted by Crippen LogP contribution is -2.59. The van der Waals surface area contributed by atoms with Crippen LogP contribution in [0.25, 0.3) is 0 Å². The van der Waals surface area contributed by atoms with E-state index in [2.05, 4.69) is 111 Å². The Morgan fingerprint density at radius 3 is 1.33 bits per heavy atom. The maximum absolute atomic E-state index is 12.8. The van der Waals surface area contributed by atoms with E-state index >= 15 is 0 Å². The molecule has 0 bridgehead atoms. The number of ether oxygens (including phenoxy) is 4. The van der Waals surface area contributed by atoms with Crippen molar-refractivity contribution in [1.29, 1.82) is 0 Å². The molecule has 0 aromatic carbocycles. The average Bonchev–Trinajstić information content (AvgIpc) is 3.28. The molecule has 6 atom stereocenters. The molecule has 63 heavy (non-hydrogen) atoms. The van der Waals surface area contributed by atoms with E-state index in [1.54, 1.807) is 0 Å². The molecule has 0 aromatic rings. The Labute approximate surface area is 381 Å². The largest absolute Gasteiger partial charge is 0.462 e. The van der Waals surface area contributed by atoms with Gasteiger partial charge in [0.15, 0.2) is 12.4 Å². The highest BCUT2D eigenvalue weighted by molar-refractivity contribution is 5.70. The molecule has 0 saturated carbocycles. The number of carbonyl (C=O) groups excluding carboxylic acids is 2. The molecule has 0 spiro atoms. The Morgan fingerprint density at radius 2 is 0.889 bits per heavy atom. The van der Waals surface area contributed by atoms with Gasteiger partial charge in [-0.2, -0.15) is 0 Å². The minimum absolute atomic E-state index is 0.209. The van der Waals surface area contributed by atoms with Crippen LogP contribution in [0.1, 0.15) is 168 Å². The van der Waals surface area contributed by atoms with Gasteiger partial charge in [0.05, 0.1) is 13.2 Å². The van der Waals surface area contributed by atoms with Gasteiger partial charge >= 0.3 is 11.9 Å². The number of aliphatic hydroxyl groups excluding tert-OH is 4. The van der Waals surface area contributed by atoms with E-state index in [1.165, 1.54) is 25.7 Å². The zero-order valence-electron chi connectivity index (χ0n) is 39.0. The fourth-order valence-corrected chi connectivity index (χ4v) is 6.70. The second kappa shape index (κ2) is 42.6. The average molecular weight is 883 g/mol. The van der Waals surface area contributed by atoms with Crippen LogP contribution in [0.5, 0.6) is 0 Å². The smallest absolute Gasteiger partial charge is 0.306 e. The lowest BCUT2D eigenvalue weighted by atomic mass is 9.99. The summed E-state index contributed by atoms with van der Waals surface area (Å²) in [6, 6.07) is 0. The summed E-state index contributed by atoms with van der Waals surface area (Å²) < 4.78 is 22.2. The zero-order chi connectivity index (χ0) is 45.9. The standard InChI is InChI=1S/C53H86O10/c1-3-5-7-9-11-13-15-17-19-21-22-23-24-26-28-30-32-34-36-38-40-42-49(56)62-46(45-61-53-52(59)51(58)50(57)47(43-54)63-53)44-60-48(55)41-39-37-35-33-31-29-27-25-20-18-16-14-12-10-8-6-4-2/h5-8,11-14,17-20,22-23,27,29,46-47,50-54,57-59H,3-4,9-10,15-16,21,24-26,28,30-45H2,1-2H3/b7-5-,8-6-,13-11-,14-12-,19-17-,20-18-,23-22-,29-27-. The Kier molecular flexibility index (Phi) is 38.9. The molecule has 1 fully saturated rings. The third-order valence-corrected chi connectivity index (χ3v) is 10.5. The van der Waals surface area contributed by atoms with E-state index in [4.69, 9.17) is 18.9 Å². The number of allylic oxidation sites excluding steroid dienone is 16. The number of carbonyl (C=O) groups is 2. The van der Waals surface area contributed by atoms with E-state index in [0.29, 0.717) is 12.8 Å². The lowest BCUT2D eigenvalue weighted by Gasteiger charge is -2.39. The molecule has 0 amide bonds. The molecule has 1 aliphatic rings. The van der Waals surface area contributed by atoms with Crippen LogP contribution in [0, 0.1) is 0 Å². The summed E-state index contributed by atoms with van der Waals surface area (Å²) in [6.07, 6.45) is 49.8. The predicted octanol–water partition coefficient (Wildman–Crippen LogP) is 11.1. The summed E-state index contributed by atoms with van der Waals surface area (Å²) >= 11 is 0. The summed E-state index contributed by atoms with van der Waals surface area (Å²) in [5.74, 6) is -0.852. The van der Waals surface area contributed by atoms with Gasteiger partial charge in [0.2, 0.25) is 0 Å². The molecular weight excluding hydrogens is 797 g/mol. The van der Waals surface area contributed by atoms with E-state index in [9.17, 15) is 30.0 Å². The van der Waals surface area contributed by atoms with Gasteiger partial charge in [-0.25, -0.2) is 0 Å². The van der Waals surface area contributed by atoms with Gasteiger partial charge in [-0.15, -0.1) is 0 Å². The van der Waals surface area contributed by atoms with Gasteiger partial charge in [0, 0.05) is 12.8 Å². The van der Waals surface area contributed by atoms with Gasteiger partial charge in [-0.1, -0.05) is 162 Å². The first kappa shape index (κ1) is 57.6. The first-order valence-electron chi connectivity index (χ1n) is 24.3. The highest BCUT2D eigenvalue weighted by atomic mass is 16.7. The van der Waals surface area contributed by atoms with Crippen LogP contribution in [0.3, 0.4) is 0 Å². The quantitative estimate of drug-likeness (QED) is 0.0267. The maximum Gasteiger partial charge on any atom is 0.306 e. The predicted molar refractivity (Wildman–Crippen MR) is 256 cm³/mol. The van der Waals surface area contributed by atoms with Crippen LogP contribution in [-0.4, -0.2) is 89.0 Å². The van der Waals surface area contributed by atoms with Crippen LogP contribution in [0.15, 0.2) is 97.2 Å². The van der Waals surface area contributed by atoms with Gasteiger partial charge in [0.25, 0.3) is 0 Å². The maximum atomic E-state index is 12.8. The summed E-state index contributed by atoms with van der Waals surface area (Å²) in [7, 11) is 0. The van der Waals surface area contributed by atoms with Crippen molar-refractivity contribution in [2.24, 2.45) is 0 Å². The van der Waals surface area contributed by atoms with Crippen LogP contribution >= 0.6 is 0 Å². The van der Waals surface area contributed by atoms with E-state index in [0.717, 1.165) is 103 Å². The number of esters is 2. The first-order valence-corrected chi connectivity index (χ1v) is 24.3. The van der Waals surface area contributed by atoms with Crippen LogP contribution < -0.4 is 0 Å². The first-order chi connectivity index (χ1) is 30.8. The van der Waals surface area contributed by atoms with Crippen molar-refractivity contribution in [1.82, 2.24) is 0 Å². The molecule has 0 aliphatic carbocycles. The van der Waals surface area contributed by atoms with Crippen LogP contribution in [0.4, 0.5) is 0 Å². The van der Waals surface area contributed by atoms with Gasteiger partial charge in [-0.3, -0.25) is 9.59 Å². The Morgan fingerprint density at radius 1 is 0.492 bits per heavy atom. The summed E-state index contributed by atoms with van der Waals surface area (Å²) in [6.45, 7) is 3.15. The van der Waals surface area contributed by atoms with E-state index in [1.807, 2.05) is 0 Å². The summed E-state index contributed by atoms with van der Waals surface area (Å²) in [4.78, 5) is 25.4. The van der Waals surface area contributed by atoms with Crippen molar-refractivity contribution in [3.63, 3.8) is 0 Å². The van der Waals surface area contributed by atoms with Gasteiger partial charge in [0.1, 0.15) is 31.0 Å². The fourth-order valence-electron chi connectivity index (χ4n) is 6.70. The molecule has 0 radical (unpaired) electrons. The monoisotopic (exact) mass is 883 g/mol. The highest BCUT2D eigenvalue weighted by Crippen LogP contribution is 2.22. The molecule has 4 N–H and O–H groups in total. The van der Waals surface area contributed by atoms with E-state index < -0.39 is 55.4 Å². The molecule has 358 valence electrons. The van der Waals surface area contributed by atoms with Crippen molar-refractivity contribution in [3.8, 4) is 0 Å². The van der Waals surface area contributed by atoms with Crippen LogP contribution in [0.2, 0.25) is 0 Å². The van der Waals surface area contributed by atoms with Crippen molar-refractivity contribution in [2.45, 2.75) is 205 Å². The summed E-state index contributed by atoms with van der Waals surface area (Å²) in [5, 5.41) is 40.2. The molecule has 6 unspecified atom stereocenters. The molecule has 10 nitrogen and oxygen atoms in total. The molecule has 1 rings (SSSR count). The summed E-state index contributed by atoms with van der Waals surface area (Å²) in [5.41, 5.74) is 0. The highest BCUT2D eigenvalue weighted by Gasteiger charge is 2.44. The molecule has 1 saturated heterocycles. The number of rotatable bonds is 39. The molecular formula is C53H86O10. The van der Waals surface area contributed by atoms with E-state index in [-0.39, 0.29) is 26.1 Å². The number of aliphatic hydroxyl groups is 4. The van der Waals surface area contributed by atoms with Crippen molar-refractivity contribution < 1.29 is 49.0 Å². The second-order valence-corrected chi connectivity index (χ2v) is 16.1. The van der Waals surface area contributed by atoms with Crippen molar-refractivity contribution in [2.75, 3.05) is 19.8 Å². The van der Waals surface area contributed by atoms with Crippen molar-refractivity contribution in [3.05, 3.63) is 97.2 Å². The Balaban J connectivity index is 2.32. The minimum Gasteiger partial charge on any atom is -0.462 e. The lowest BCUT2D eigenvalue weighted by molar-refractivity contribution is -0.305. The number of unbranched alkanes of at least 4 members (excludes halogenated alkanes) is 12. The Hall–Kier alpha value is -3.38. The normalized spacial score (nSPS) is 20.4. The number of hydrogen-bond acceptors (Lipinski definition) is 10. The number of hydrogen-bond donors (Lipinski definition) is 4. The molecule has 0 aromatic heterocycles. The molecule has 10 heteroatoms. The van der Waals surface area contributed by atoms with Gasteiger partial charge in [-0.05, 0) is 89.9 Å². The topological polar surface area (TPSA) is 152 Å². The van der Waals surface area contributed by atoms with Crippen LogP contribution in [-0.2, 0) is 28.5 Å². The molecule has 1 heterocycles. The minimum atomic E-state index is -1.61. The van der Waals surface area contributed by atoms with Crippen molar-refractivity contribution >= 4 is 11.9 Å². The SMILES string of the molecule is CC/C=C\C/C=C\C/C=C\C/C=C\CCCCCCCCCCC(=O)OC(COC(=O)CCCCCC/C=C\C/C=C\C/C=C\C/C=C\CC)COC1OC(CO)C(O)C(O)C1O. The van der Waals surface area contributed by atoms with Gasteiger partial charge < -0.3 is 39.4 Å². The zero-order valence-corrected chi connectivity index (χ0v) is 39.0. The fraction of sp³-hybridized carbons (Fsp3) is 0.660. The Bertz CT molecular complexity index is 1340. The molecule has 1 aliphatic heterocycles. The third kappa shape index (κ3) is 33.8.